The van der Waals surface area contributed by atoms with Crippen LogP contribution in [0.15, 0.2) is 47.5 Å². The average Bonchev–Trinajstić information content (AvgIpc) is 2.86. The van der Waals surface area contributed by atoms with Crippen molar-refractivity contribution >= 4 is 34.4 Å². The second kappa shape index (κ2) is 9.94. The molecule has 2 aliphatic heterocycles. The summed E-state index contributed by atoms with van der Waals surface area (Å²) in [6, 6.07) is 12.0. The standard InChI is InChI=1S/C24H26N4O4S/c1-30-23-7-5-18-24(28-23)20(8-9-25-18)32-13-17-4-3-16(12-31-17)26-11-15-2-6-21-19(10-15)27-22(29)14-33-21/h2,5-10,16-17,26H,3-4,11-14H2,1H3,(H,27,29)/t16-,17?/m1/s1. The van der Waals surface area contributed by atoms with Gasteiger partial charge < -0.3 is 24.8 Å². The van der Waals surface area contributed by atoms with Gasteiger partial charge in [-0.05, 0) is 36.6 Å². The second-order valence-corrected chi connectivity index (χ2v) is 9.14. The first-order valence-electron chi connectivity index (χ1n) is 11.0. The van der Waals surface area contributed by atoms with Crippen molar-refractivity contribution in [2.75, 3.05) is 31.4 Å². The van der Waals surface area contributed by atoms with Gasteiger partial charge in [0.05, 0.1) is 36.8 Å². The number of anilines is 1. The van der Waals surface area contributed by atoms with Crippen LogP contribution in [0, 0.1) is 0 Å². The van der Waals surface area contributed by atoms with E-state index in [-0.39, 0.29) is 18.1 Å². The van der Waals surface area contributed by atoms with Gasteiger partial charge in [-0.3, -0.25) is 9.78 Å². The van der Waals surface area contributed by atoms with Gasteiger partial charge in [0.15, 0.2) is 0 Å². The number of carbonyl (C=O) groups excluding carboxylic acids is 1. The lowest BCUT2D eigenvalue weighted by Crippen LogP contribution is -2.41. The zero-order chi connectivity index (χ0) is 22.6. The molecule has 1 amide bonds. The summed E-state index contributed by atoms with van der Waals surface area (Å²) in [5.74, 6) is 1.75. The average molecular weight is 467 g/mol. The molecule has 2 N–H and O–H groups in total. The number of nitrogens with one attached hydrogen (secondary N) is 2. The van der Waals surface area contributed by atoms with Crippen LogP contribution in [0.5, 0.6) is 11.6 Å². The monoisotopic (exact) mass is 466 g/mol. The van der Waals surface area contributed by atoms with Crippen molar-refractivity contribution < 1.29 is 19.0 Å². The van der Waals surface area contributed by atoms with Crippen LogP contribution >= 0.6 is 11.8 Å². The molecule has 1 aromatic carbocycles. The van der Waals surface area contributed by atoms with Gasteiger partial charge in [0.2, 0.25) is 11.8 Å². The molecule has 4 heterocycles. The molecule has 1 saturated heterocycles. The van der Waals surface area contributed by atoms with Gasteiger partial charge in [0, 0.05) is 35.8 Å². The number of nitrogens with zero attached hydrogens (tertiary/aromatic N) is 2. The van der Waals surface area contributed by atoms with Crippen molar-refractivity contribution in [3.8, 4) is 11.6 Å². The molecule has 0 saturated carbocycles. The number of amides is 1. The maximum atomic E-state index is 11.6. The van der Waals surface area contributed by atoms with E-state index in [1.165, 1.54) is 0 Å². The number of thioether (sulfide) groups is 1. The Morgan fingerprint density at radius 2 is 2.18 bits per heavy atom. The molecule has 0 aliphatic carbocycles. The summed E-state index contributed by atoms with van der Waals surface area (Å²) in [7, 11) is 1.59. The van der Waals surface area contributed by atoms with Crippen LogP contribution in [0.1, 0.15) is 18.4 Å². The zero-order valence-electron chi connectivity index (χ0n) is 18.4. The van der Waals surface area contributed by atoms with Crippen molar-refractivity contribution in [3.63, 3.8) is 0 Å². The SMILES string of the molecule is COc1ccc2nccc(OCC3CC[C@@H](NCc4ccc5c(c4)NC(=O)CS5)CO3)c2n1. The van der Waals surface area contributed by atoms with Crippen LogP contribution in [0.25, 0.3) is 11.0 Å². The van der Waals surface area contributed by atoms with E-state index in [0.29, 0.717) is 36.1 Å². The summed E-state index contributed by atoms with van der Waals surface area (Å²) in [4.78, 5) is 21.6. The maximum absolute atomic E-state index is 11.6. The number of carbonyl (C=O) groups is 1. The van der Waals surface area contributed by atoms with Gasteiger partial charge in [-0.15, -0.1) is 11.8 Å². The lowest BCUT2D eigenvalue weighted by molar-refractivity contribution is -0.113. The lowest BCUT2D eigenvalue weighted by atomic mass is 10.0. The number of hydrogen-bond acceptors (Lipinski definition) is 8. The zero-order valence-corrected chi connectivity index (χ0v) is 19.2. The normalized spacial score (nSPS) is 20.2. The Labute approximate surface area is 196 Å². The fourth-order valence-corrected chi connectivity index (χ4v) is 4.79. The van der Waals surface area contributed by atoms with E-state index >= 15 is 0 Å². The number of pyridine rings is 2. The van der Waals surface area contributed by atoms with Crippen molar-refractivity contribution in [2.45, 2.75) is 36.4 Å². The number of rotatable bonds is 7. The smallest absolute Gasteiger partial charge is 0.234 e. The lowest BCUT2D eigenvalue weighted by Gasteiger charge is -2.30. The number of ether oxygens (including phenoxy) is 3. The highest BCUT2D eigenvalue weighted by atomic mass is 32.2. The minimum atomic E-state index is 0.0351. The molecule has 9 heteroatoms. The quantitative estimate of drug-likeness (QED) is 0.547. The highest BCUT2D eigenvalue weighted by Crippen LogP contribution is 2.32. The van der Waals surface area contributed by atoms with Crippen LogP contribution < -0.4 is 20.1 Å². The number of fused-ring (bicyclic) bond motifs is 2. The Kier molecular flexibility index (Phi) is 6.61. The molecular weight excluding hydrogens is 440 g/mol. The summed E-state index contributed by atoms with van der Waals surface area (Å²) in [5.41, 5.74) is 3.51. The molecule has 0 bridgehead atoms. The molecule has 3 aromatic rings. The topological polar surface area (TPSA) is 94.6 Å². The van der Waals surface area contributed by atoms with Gasteiger partial charge >= 0.3 is 0 Å². The highest BCUT2D eigenvalue weighted by Gasteiger charge is 2.23. The Balaban J connectivity index is 1.11. The first-order valence-corrected chi connectivity index (χ1v) is 12.0. The fourth-order valence-electron chi connectivity index (χ4n) is 4.00. The highest BCUT2D eigenvalue weighted by molar-refractivity contribution is 8.00. The molecule has 33 heavy (non-hydrogen) atoms. The van der Waals surface area contributed by atoms with Crippen LogP contribution in [-0.4, -0.2) is 54.1 Å². The molecule has 8 nitrogen and oxygen atoms in total. The van der Waals surface area contributed by atoms with E-state index in [4.69, 9.17) is 14.2 Å². The van der Waals surface area contributed by atoms with Crippen molar-refractivity contribution in [2.24, 2.45) is 0 Å². The minimum Gasteiger partial charge on any atom is -0.488 e. The van der Waals surface area contributed by atoms with Gasteiger partial charge in [0.25, 0.3) is 0 Å². The summed E-state index contributed by atoms with van der Waals surface area (Å²) < 4.78 is 17.3. The third-order valence-corrected chi connectivity index (χ3v) is 6.87. The number of aromatic nitrogens is 2. The fraction of sp³-hybridized carbons (Fsp3) is 0.375. The minimum absolute atomic E-state index is 0.0351. The molecule has 5 rings (SSSR count). The van der Waals surface area contributed by atoms with Crippen molar-refractivity contribution in [1.82, 2.24) is 15.3 Å². The Morgan fingerprint density at radius 1 is 1.24 bits per heavy atom. The van der Waals surface area contributed by atoms with E-state index in [1.54, 1.807) is 31.1 Å². The number of hydrogen-bond donors (Lipinski definition) is 2. The third kappa shape index (κ3) is 5.21. The summed E-state index contributed by atoms with van der Waals surface area (Å²) in [5, 5.41) is 6.52. The van der Waals surface area contributed by atoms with Gasteiger partial charge in [-0.2, -0.15) is 0 Å². The predicted molar refractivity (Wildman–Crippen MR) is 127 cm³/mol. The molecule has 2 aromatic heterocycles. The maximum Gasteiger partial charge on any atom is 0.234 e. The van der Waals surface area contributed by atoms with Gasteiger partial charge in [-0.25, -0.2) is 4.98 Å². The third-order valence-electron chi connectivity index (χ3n) is 5.80. The largest absolute Gasteiger partial charge is 0.488 e. The molecule has 1 fully saturated rings. The summed E-state index contributed by atoms with van der Waals surface area (Å²) in [6.07, 6.45) is 3.68. The Bertz CT molecular complexity index is 1150. The van der Waals surface area contributed by atoms with Crippen LogP contribution in [-0.2, 0) is 16.1 Å². The van der Waals surface area contributed by atoms with Crippen molar-refractivity contribution in [3.05, 3.63) is 48.2 Å². The van der Waals surface area contributed by atoms with Crippen LogP contribution in [0.3, 0.4) is 0 Å². The first kappa shape index (κ1) is 21.9. The van der Waals surface area contributed by atoms with E-state index in [0.717, 1.165) is 41.0 Å². The van der Waals surface area contributed by atoms with Crippen LogP contribution in [0.4, 0.5) is 5.69 Å². The molecular formula is C24H26N4O4S. The van der Waals surface area contributed by atoms with Gasteiger partial charge in [0.1, 0.15) is 17.9 Å². The summed E-state index contributed by atoms with van der Waals surface area (Å²) in [6.45, 7) is 1.83. The number of methoxy groups -OCH3 is 1. The van der Waals surface area contributed by atoms with Crippen molar-refractivity contribution in [1.29, 1.82) is 0 Å². The predicted octanol–water partition coefficient (Wildman–Crippen LogP) is 3.40. The molecule has 0 spiro atoms. The second-order valence-electron chi connectivity index (χ2n) is 8.12. The first-order chi connectivity index (χ1) is 16.2. The Morgan fingerprint density at radius 3 is 3.03 bits per heavy atom. The van der Waals surface area contributed by atoms with E-state index in [1.807, 2.05) is 12.1 Å². The molecule has 172 valence electrons. The van der Waals surface area contributed by atoms with Crippen LogP contribution in [0.2, 0.25) is 0 Å². The van der Waals surface area contributed by atoms with Gasteiger partial charge in [-0.1, -0.05) is 6.07 Å². The molecule has 0 radical (unpaired) electrons. The van der Waals surface area contributed by atoms with E-state index in [2.05, 4.69) is 38.8 Å². The summed E-state index contributed by atoms with van der Waals surface area (Å²) >= 11 is 1.58. The van der Waals surface area contributed by atoms with E-state index < -0.39 is 0 Å². The van der Waals surface area contributed by atoms with E-state index in [9.17, 15) is 4.79 Å². The molecule has 2 aliphatic rings. The Hall–Kier alpha value is -2.88. The number of benzene rings is 1. The molecule has 2 atom stereocenters. The molecule has 1 unspecified atom stereocenters.